The number of benzene rings is 1. The third-order valence-corrected chi connectivity index (χ3v) is 3.50. The van der Waals surface area contributed by atoms with Gasteiger partial charge in [-0.2, -0.15) is 5.26 Å². The Bertz CT molecular complexity index is 645. The van der Waals surface area contributed by atoms with Gasteiger partial charge < -0.3 is 4.90 Å². The van der Waals surface area contributed by atoms with E-state index in [2.05, 4.69) is 46.1 Å². The molecule has 1 atom stereocenters. The third kappa shape index (κ3) is 2.04. The van der Waals surface area contributed by atoms with Gasteiger partial charge in [0.2, 0.25) is 5.95 Å². The van der Waals surface area contributed by atoms with Gasteiger partial charge in [-0.1, -0.05) is 18.2 Å². The van der Waals surface area contributed by atoms with Crippen molar-refractivity contribution >= 4 is 11.6 Å². The first kappa shape index (κ1) is 11.7. The molecule has 1 aromatic carbocycles. The summed E-state index contributed by atoms with van der Waals surface area (Å²) in [4.78, 5) is 10.8. The molecule has 19 heavy (non-hydrogen) atoms. The quantitative estimate of drug-likeness (QED) is 0.781. The molecule has 94 valence electrons. The third-order valence-electron chi connectivity index (χ3n) is 3.50. The summed E-state index contributed by atoms with van der Waals surface area (Å²) in [6.45, 7) is 2.17. The van der Waals surface area contributed by atoms with Crippen LogP contribution in [0.2, 0.25) is 0 Å². The molecule has 0 amide bonds. The first-order valence-corrected chi connectivity index (χ1v) is 6.40. The van der Waals surface area contributed by atoms with Crippen molar-refractivity contribution in [3.8, 4) is 6.07 Å². The molecule has 1 aliphatic heterocycles. The highest BCUT2D eigenvalue weighted by atomic mass is 15.3. The molecule has 0 fully saturated rings. The van der Waals surface area contributed by atoms with Crippen molar-refractivity contribution in [2.45, 2.75) is 25.8 Å². The zero-order chi connectivity index (χ0) is 13.2. The van der Waals surface area contributed by atoms with E-state index >= 15 is 0 Å². The van der Waals surface area contributed by atoms with E-state index in [9.17, 15) is 0 Å². The van der Waals surface area contributed by atoms with E-state index in [1.54, 1.807) is 12.3 Å². The lowest BCUT2D eigenvalue weighted by Gasteiger charge is -2.35. The molecule has 4 heteroatoms. The normalized spacial score (nSPS) is 17.7. The Morgan fingerprint density at radius 2 is 2.16 bits per heavy atom. The molecule has 0 saturated carbocycles. The van der Waals surface area contributed by atoms with Gasteiger partial charge in [0.15, 0.2) is 0 Å². The summed E-state index contributed by atoms with van der Waals surface area (Å²) in [5.41, 5.74) is 2.86. The average molecular weight is 250 g/mol. The Morgan fingerprint density at radius 3 is 3.00 bits per heavy atom. The Kier molecular flexibility index (Phi) is 2.88. The lowest BCUT2D eigenvalue weighted by atomic mass is 9.97. The monoisotopic (exact) mass is 250 g/mol. The van der Waals surface area contributed by atoms with Gasteiger partial charge in [0.25, 0.3) is 0 Å². The molecule has 0 radical (unpaired) electrons. The molecule has 2 aromatic rings. The molecule has 0 saturated heterocycles. The summed E-state index contributed by atoms with van der Waals surface area (Å²) >= 11 is 0. The van der Waals surface area contributed by atoms with Crippen LogP contribution in [0.5, 0.6) is 0 Å². The van der Waals surface area contributed by atoms with Crippen LogP contribution in [-0.4, -0.2) is 16.0 Å². The zero-order valence-corrected chi connectivity index (χ0v) is 10.7. The van der Waals surface area contributed by atoms with Crippen molar-refractivity contribution in [1.29, 1.82) is 5.26 Å². The van der Waals surface area contributed by atoms with Crippen LogP contribution in [0.25, 0.3) is 0 Å². The summed E-state index contributed by atoms with van der Waals surface area (Å²) in [6, 6.07) is 12.3. The number of hydrogen-bond acceptors (Lipinski definition) is 4. The molecule has 0 aliphatic carbocycles. The molecular weight excluding hydrogens is 236 g/mol. The lowest BCUT2D eigenvalue weighted by Crippen LogP contribution is -2.34. The van der Waals surface area contributed by atoms with Crippen LogP contribution >= 0.6 is 0 Å². The number of aryl methyl sites for hydroxylation is 1. The standard InChI is InChI=1S/C15H14N4/c1-11-6-7-12-4-2-3-5-14(12)19(11)15-17-9-8-13(10-16)18-15/h2-5,8-9,11H,6-7H2,1H3. The molecule has 0 N–H and O–H groups in total. The van der Waals surface area contributed by atoms with Gasteiger partial charge in [0.1, 0.15) is 11.8 Å². The van der Waals surface area contributed by atoms with Gasteiger partial charge in [-0.05, 0) is 37.5 Å². The topological polar surface area (TPSA) is 52.8 Å². The van der Waals surface area contributed by atoms with E-state index in [-0.39, 0.29) is 0 Å². The molecular formula is C15H14N4. The fourth-order valence-corrected chi connectivity index (χ4v) is 2.52. The highest BCUT2D eigenvalue weighted by Gasteiger charge is 2.25. The number of aromatic nitrogens is 2. The number of para-hydroxylation sites is 1. The van der Waals surface area contributed by atoms with Gasteiger partial charge in [0.05, 0.1) is 0 Å². The summed E-state index contributed by atoms with van der Waals surface area (Å²) in [7, 11) is 0. The Hall–Kier alpha value is -2.41. The second-order valence-electron chi connectivity index (χ2n) is 4.74. The van der Waals surface area contributed by atoms with Crippen molar-refractivity contribution in [1.82, 2.24) is 9.97 Å². The molecule has 1 unspecified atom stereocenters. The van der Waals surface area contributed by atoms with Crippen molar-refractivity contribution in [3.63, 3.8) is 0 Å². The van der Waals surface area contributed by atoms with Gasteiger partial charge in [0, 0.05) is 17.9 Å². The van der Waals surface area contributed by atoms with E-state index in [1.807, 2.05) is 6.07 Å². The molecule has 1 aromatic heterocycles. The number of anilines is 2. The average Bonchev–Trinajstić information content (AvgIpc) is 2.47. The molecule has 4 nitrogen and oxygen atoms in total. The van der Waals surface area contributed by atoms with Crippen LogP contribution in [-0.2, 0) is 6.42 Å². The van der Waals surface area contributed by atoms with Crippen LogP contribution in [0.15, 0.2) is 36.5 Å². The van der Waals surface area contributed by atoms with E-state index in [1.165, 1.54) is 5.56 Å². The predicted molar refractivity (Wildman–Crippen MR) is 73.1 cm³/mol. The predicted octanol–water partition coefficient (Wildman–Crippen LogP) is 2.82. The van der Waals surface area contributed by atoms with E-state index in [0.717, 1.165) is 18.5 Å². The van der Waals surface area contributed by atoms with Crippen molar-refractivity contribution in [2.75, 3.05) is 4.90 Å². The highest BCUT2D eigenvalue weighted by molar-refractivity contribution is 5.64. The number of nitriles is 1. The maximum absolute atomic E-state index is 8.96. The van der Waals surface area contributed by atoms with Gasteiger partial charge in [-0.25, -0.2) is 9.97 Å². The molecule has 0 spiro atoms. The first-order valence-electron chi connectivity index (χ1n) is 6.40. The fraction of sp³-hybridized carbons (Fsp3) is 0.267. The SMILES string of the molecule is CC1CCc2ccccc2N1c1nccc(C#N)n1. The van der Waals surface area contributed by atoms with Gasteiger partial charge in [-0.15, -0.1) is 0 Å². The maximum atomic E-state index is 8.96. The van der Waals surface area contributed by atoms with E-state index in [4.69, 9.17) is 5.26 Å². The largest absolute Gasteiger partial charge is 0.307 e. The van der Waals surface area contributed by atoms with Crippen molar-refractivity contribution in [3.05, 3.63) is 47.8 Å². The number of nitrogens with zero attached hydrogens (tertiary/aromatic N) is 4. The smallest absolute Gasteiger partial charge is 0.231 e. The maximum Gasteiger partial charge on any atom is 0.231 e. The second-order valence-corrected chi connectivity index (χ2v) is 4.74. The molecule has 3 rings (SSSR count). The van der Waals surface area contributed by atoms with Crippen LogP contribution in [0.4, 0.5) is 11.6 Å². The minimum Gasteiger partial charge on any atom is -0.307 e. The summed E-state index contributed by atoms with van der Waals surface area (Å²) in [6.07, 6.45) is 3.79. The number of hydrogen-bond donors (Lipinski definition) is 0. The van der Waals surface area contributed by atoms with Crippen molar-refractivity contribution in [2.24, 2.45) is 0 Å². The highest BCUT2D eigenvalue weighted by Crippen LogP contribution is 2.34. The molecule has 0 bridgehead atoms. The van der Waals surface area contributed by atoms with E-state index in [0.29, 0.717) is 17.7 Å². The summed E-state index contributed by atoms with van der Waals surface area (Å²) in [5.74, 6) is 0.610. The Labute approximate surface area is 112 Å². The van der Waals surface area contributed by atoms with Crippen molar-refractivity contribution < 1.29 is 0 Å². The van der Waals surface area contributed by atoms with Gasteiger partial charge >= 0.3 is 0 Å². The lowest BCUT2D eigenvalue weighted by molar-refractivity contribution is 0.607. The van der Waals surface area contributed by atoms with Crippen LogP contribution in [0.1, 0.15) is 24.6 Å². The molecule has 1 aliphatic rings. The fourth-order valence-electron chi connectivity index (χ4n) is 2.52. The molecule has 2 heterocycles. The number of fused-ring (bicyclic) bond motifs is 1. The van der Waals surface area contributed by atoms with Crippen LogP contribution < -0.4 is 4.90 Å². The van der Waals surface area contributed by atoms with Crippen LogP contribution in [0, 0.1) is 11.3 Å². The summed E-state index contributed by atoms with van der Waals surface area (Å²) in [5, 5.41) is 8.96. The zero-order valence-electron chi connectivity index (χ0n) is 10.7. The summed E-state index contributed by atoms with van der Waals surface area (Å²) < 4.78 is 0. The minimum absolute atomic E-state index is 0.337. The Balaban J connectivity index is 2.11. The number of rotatable bonds is 1. The van der Waals surface area contributed by atoms with Crippen LogP contribution in [0.3, 0.4) is 0 Å². The first-order chi connectivity index (χ1) is 9.29. The van der Waals surface area contributed by atoms with E-state index < -0.39 is 0 Å². The minimum atomic E-state index is 0.337. The Morgan fingerprint density at radius 1 is 1.32 bits per heavy atom. The van der Waals surface area contributed by atoms with Gasteiger partial charge in [-0.3, -0.25) is 0 Å². The second kappa shape index (κ2) is 4.69.